The molecule has 98 valence electrons. The smallest absolute Gasteiger partial charge is 0.326 e. The monoisotopic (exact) mass is 242 g/mol. The van der Waals surface area contributed by atoms with Gasteiger partial charge in [0.15, 0.2) is 0 Å². The standard InChI is InChI=1S/C12H22N2O3/c1-4-5-9(10(15)16)13-11(17)14-7-6-12(2,3)8-14/h9H,4-8H2,1-3H3,(H,13,17)(H,15,16). The van der Waals surface area contributed by atoms with Crippen LogP contribution >= 0.6 is 0 Å². The van der Waals surface area contributed by atoms with Crippen LogP contribution in [0.3, 0.4) is 0 Å². The number of carboxylic acids is 1. The van der Waals surface area contributed by atoms with Gasteiger partial charge >= 0.3 is 12.0 Å². The van der Waals surface area contributed by atoms with E-state index in [4.69, 9.17) is 5.11 Å². The van der Waals surface area contributed by atoms with E-state index in [1.807, 2.05) is 6.92 Å². The molecule has 0 aliphatic carbocycles. The number of rotatable bonds is 4. The van der Waals surface area contributed by atoms with Gasteiger partial charge in [0.25, 0.3) is 0 Å². The zero-order valence-corrected chi connectivity index (χ0v) is 10.8. The van der Waals surface area contributed by atoms with Gasteiger partial charge in [-0.3, -0.25) is 0 Å². The zero-order valence-electron chi connectivity index (χ0n) is 10.8. The number of amides is 2. The Morgan fingerprint density at radius 1 is 1.47 bits per heavy atom. The number of carboxylic acid groups (broad SMARTS) is 1. The van der Waals surface area contributed by atoms with Crippen molar-refractivity contribution in [3.8, 4) is 0 Å². The summed E-state index contributed by atoms with van der Waals surface area (Å²) < 4.78 is 0. The molecule has 0 spiro atoms. The minimum atomic E-state index is -0.960. The Hall–Kier alpha value is -1.26. The molecule has 5 heteroatoms. The molecule has 2 amide bonds. The Morgan fingerprint density at radius 2 is 2.12 bits per heavy atom. The summed E-state index contributed by atoms with van der Waals surface area (Å²) in [5.41, 5.74) is 0.140. The number of urea groups is 1. The molecule has 0 saturated carbocycles. The van der Waals surface area contributed by atoms with Crippen LogP contribution in [0, 0.1) is 5.41 Å². The van der Waals surface area contributed by atoms with Gasteiger partial charge in [0.1, 0.15) is 6.04 Å². The van der Waals surface area contributed by atoms with Gasteiger partial charge in [-0.1, -0.05) is 27.2 Å². The van der Waals surface area contributed by atoms with Crippen molar-refractivity contribution in [3.63, 3.8) is 0 Å². The summed E-state index contributed by atoms with van der Waals surface area (Å²) in [5, 5.41) is 11.6. The van der Waals surface area contributed by atoms with E-state index in [1.165, 1.54) is 0 Å². The molecule has 1 saturated heterocycles. The van der Waals surface area contributed by atoms with Gasteiger partial charge < -0.3 is 15.3 Å². The van der Waals surface area contributed by atoms with Gasteiger partial charge in [0.05, 0.1) is 0 Å². The molecular weight excluding hydrogens is 220 g/mol. The predicted molar refractivity (Wildman–Crippen MR) is 64.8 cm³/mol. The van der Waals surface area contributed by atoms with E-state index in [-0.39, 0.29) is 11.4 Å². The van der Waals surface area contributed by atoms with E-state index in [0.717, 1.165) is 12.8 Å². The van der Waals surface area contributed by atoms with Crippen LogP contribution in [0.25, 0.3) is 0 Å². The Kier molecular flexibility index (Phi) is 4.37. The number of carbonyl (C=O) groups is 2. The normalized spacial score (nSPS) is 20.1. The first-order valence-electron chi connectivity index (χ1n) is 6.14. The van der Waals surface area contributed by atoms with Crippen molar-refractivity contribution in [1.29, 1.82) is 0 Å². The maximum absolute atomic E-state index is 11.9. The molecule has 1 heterocycles. The second kappa shape index (κ2) is 5.38. The molecule has 1 atom stereocenters. The van der Waals surface area contributed by atoms with Gasteiger partial charge in [-0.25, -0.2) is 9.59 Å². The predicted octanol–water partition coefficient (Wildman–Crippen LogP) is 1.68. The maximum Gasteiger partial charge on any atom is 0.326 e. The van der Waals surface area contributed by atoms with E-state index in [0.29, 0.717) is 19.5 Å². The molecule has 0 radical (unpaired) electrons. The van der Waals surface area contributed by atoms with Crippen LogP contribution in [-0.4, -0.2) is 41.1 Å². The average molecular weight is 242 g/mol. The van der Waals surface area contributed by atoms with Gasteiger partial charge in [-0.2, -0.15) is 0 Å². The van der Waals surface area contributed by atoms with Crippen molar-refractivity contribution in [3.05, 3.63) is 0 Å². The summed E-state index contributed by atoms with van der Waals surface area (Å²) in [5.74, 6) is -0.960. The second-order valence-corrected chi connectivity index (χ2v) is 5.46. The van der Waals surface area contributed by atoms with Crippen molar-refractivity contribution in [2.45, 2.75) is 46.1 Å². The fourth-order valence-corrected chi connectivity index (χ4v) is 2.07. The summed E-state index contributed by atoms with van der Waals surface area (Å²) in [6.45, 7) is 7.53. The lowest BCUT2D eigenvalue weighted by atomic mass is 9.93. The lowest BCUT2D eigenvalue weighted by Gasteiger charge is -2.22. The highest BCUT2D eigenvalue weighted by molar-refractivity contribution is 5.82. The van der Waals surface area contributed by atoms with E-state index in [2.05, 4.69) is 19.2 Å². The summed E-state index contributed by atoms with van der Waals surface area (Å²) in [7, 11) is 0. The number of hydrogen-bond donors (Lipinski definition) is 2. The number of likely N-dealkylation sites (tertiary alicyclic amines) is 1. The van der Waals surface area contributed by atoms with Gasteiger partial charge in [0.2, 0.25) is 0 Å². The molecule has 1 rings (SSSR count). The van der Waals surface area contributed by atoms with Crippen LogP contribution < -0.4 is 5.32 Å². The Balaban J connectivity index is 2.51. The van der Waals surface area contributed by atoms with Crippen molar-refractivity contribution in [1.82, 2.24) is 10.2 Å². The molecule has 1 fully saturated rings. The van der Waals surface area contributed by atoms with E-state index >= 15 is 0 Å². The molecule has 0 bridgehead atoms. The summed E-state index contributed by atoms with van der Waals surface area (Å²) >= 11 is 0. The number of hydrogen-bond acceptors (Lipinski definition) is 2. The Bertz CT molecular complexity index is 302. The first-order chi connectivity index (χ1) is 7.85. The fourth-order valence-electron chi connectivity index (χ4n) is 2.07. The number of nitrogens with zero attached hydrogens (tertiary/aromatic N) is 1. The molecule has 0 aromatic carbocycles. The third kappa shape index (κ3) is 3.91. The van der Waals surface area contributed by atoms with Gasteiger partial charge in [-0.05, 0) is 18.3 Å². The lowest BCUT2D eigenvalue weighted by molar-refractivity contribution is -0.139. The molecule has 2 N–H and O–H groups in total. The Labute approximate surface area is 102 Å². The van der Waals surface area contributed by atoms with Crippen molar-refractivity contribution >= 4 is 12.0 Å². The molecular formula is C12H22N2O3. The van der Waals surface area contributed by atoms with Crippen LogP contribution in [0.4, 0.5) is 4.79 Å². The highest BCUT2D eigenvalue weighted by Crippen LogP contribution is 2.28. The first kappa shape index (κ1) is 13.8. The zero-order chi connectivity index (χ0) is 13.1. The highest BCUT2D eigenvalue weighted by Gasteiger charge is 2.33. The maximum atomic E-state index is 11.9. The van der Waals surface area contributed by atoms with Gasteiger partial charge in [0, 0.05) is 13.1 Å². The second-order valence-electron chi connectivity index (χ2n) is 5.46. The van der Waals surface area contributed by atoms with E-state index < -0.39 is 12.0 Å². The van der Waals surface area contributed by atoms with Crippen LogP contribution in [0.1, 0.15) is 40.0 Å². The molecule has 17 heavy (non-hydrogen) atoms. The third-order valence-corrected chi connectivity index (χ3v) is 3.14. The van der Waals surface area contributed by atoms with Crippen LogP contribution in [-0.2, 0) is 4.79 Å². The van der Waals surface area contributed by atoms with Crippen LogP contribution in [0.15, 0.2) is 0 Å². The molecule has 1 unspecified atom stereocenters. The molecule has 1 aliphatic rings. The average Bonchev–Trinajstić information content (AvgIpc) is 2.58. The minimum absolute atomic E-state index is 0.140. The fraction of sp³-hybridized carbons (Fsp3) is 0.833. The summed E-state index contributed by atoms with van der Waals surface area (Å²) in [4.78, 5) is 24.5. The van der Waals surface area contributed by atoms with Gasteiger partial charge in [-0.15, -0.1) is 0 Å². The Morgan fingerprint density at radius 3 is 2.53 bits per heavy atom. The topological polar surface area (TPSA) is 69.6 Å². The molecule has 0 aromatic heterocycles. The molecule has 0 aromatic rings. The quantitative estimate of drug-likeness (QED) is 0.788. The lowest BCUT2D eigenvalue weighted by Crippen LogP contribution is -2.47. The highest BCUT2D eigenvalue weighted by atomic mass is 16.4. The summed E-state index contributed by atoms with van der Waals surface area (Å²) in [6.07, 6.45) is 2.17. The van der Waals surface area contributed by atoms with Crippen molar-refractivity contribution in [2.24, 2.45) is 5.41 Å². The first-order valence-corrected chi connectivity index (χ1v) is 6.14. The number of carbonyl (C=O) groups excluding carboxylic acids is 1. The summed E-state index contributed by atoms with van der Waals surface area (Å²) in [6, 6.07) is -1.02. The van der Waals surface area contributed by atoms with E-state index in [9.17, 15) is 9.59 Å². The van der Waals surface area contributed by atoms with E-state index in [1.54, 1.807) is 4.90 Å². The van der Waals surface area contributed by atoms with Crippen LogP contribution in [0.2, 0.25) is 0 Å². The largest absolute Gasteiger partial charge is 0.480 e. The minimum Gasteiger partial charge on any atom is -0.480 e. The molecule has 5 nitrogen and oxygen atoms in total. The van der Waals surface area contributed by atoms with Crippen molar-refractivity contribution < 1.29 is 14.7 Å². The third-order valence-electron chi connectivity index (χ3n) is 3.14. The number of aliphatic carboxylic acids is 1. The SMILES string of the molecule is CCCC(NC(=O)N1CCC(C)(C)C1)C(=O)O. The molecule has 1 aliphatic heterocycles. The number of nitrogens with one attached hydrogen (secondary N) is 1. The van der Waals surface area contributed by atoms with Crippen LogP contribution in [0.5, 0.6) is 0 Å². The van der Waals surface area contributed by atoms with Crippen molar-refractivity contribution in [2.75, 3.05) is 13.1 Å².